The Morgan fingerprint density at radius 2 is 2.06 bits per heavy atom. The van der Waals surface area contributed by atoms with E-state index < -0.39 is 0 Å². The second-order valence-electron chi connectivity index (χ2n) is 4.98. The molecule has 1 aromatic rings. The molecule has 3 nitrogen and oxygen atoms in total. The molecule has 1 saturated carbocycles. The highest BCUT2D eigenvalue weighted by molar-refractivity contribution is 7.11. The third-order valence-electron chi connectivity index (χ3n) is 3.51. The Balaban J connectivity index is 1.96. The molecule has 0 spiro atoms. The molecule has 0 radical (unpaired) electrons. The molecule has 1 aliphatic rings. The smallest absolute Gasteiger partial charge is 0.123 e. The zero-order valence-electron chi connectivity index (χ0n) is 10.3. The van der Waals surface area contributed by atoms with Gasteiger partial charge in [0.1, 0.15) is 10.0 Å². The topological polar surface area (TPSA) is 37.8 Å². The molecule has 1 N–H and O–H groups in total. The molecule has 4 heteroatoms. The van der Waals surface area contributed by atoms with Gasteiger partial charge >= 0.3 is 0 Å². The first kappa shape index (κ1) is 12.0. The van der Waals surface area contributed by atoms with Crippen molar-refractivity contribution < 1.29 is 0 Å². The summed E-state index contributed by atoms with van der Waals surface area (Å²) < 4.78 is 0. The Bertz CT molecular complexity index is 329. The van der Waals surface area contributed by atoms with E-state index >= 15 is 0 Å². The van der Waals surface area contributed by atoms with Gasteiger partial charge in [-0.05, 0) is 32.9 Å². The summed E-state index contributed by atoms with van der Waals surface area (Å²) in [5, 5.41) is 14.4. The van der Waals surface area contributed by atoms with Crippen LogP contribution in [0, 0.1) is 0 Å². The van der Waals surface area contributed by atoms with E-state index in [2.05, 4.69) is 22.4 Å². The minimum atomic E-state index is 0.332. The Hall–Kier alpha value is -0.480. The average molecular weight is 239 g/mol. The predicted octanol–water partition coefficient (Wildman–Crippen LogP) is 2.52. The van der Waals surface area contributed by atoms with Crippen molar-refractivity contribution in [3.63, 3.8) is 0 Å². The van der Waals surface area contributed by atoms with Gasteiger partial charge in [0.25, 0.3) is 0 Å². The van der Waals surface area contributed by atoms with E-state index in [0.29, 0.717) is 5.41 Å². The first-order valence-electron chi connectivity index (χ1n) is 6.22. The zero-order valence-corrected chi connectivity index (χ0v) is 11.1. The normalized spacial score (nSPS) is 19.1. The summed E-state index contributed by atoms with van der Waals surface area (Å²) in [7, 11) is 1.99. The number of nitrogens with zero attached hydrogens (tertiary/aromatic N) is 2. The minimum absolute atomic E-state index is 0.332. The molecule has 0 bridgehead atoms. The number of rotatable bonds is 5. The van der Waals surface area contributed by atoms with Gasteiger partial charge in [-0.25, -0.2) is 0 Å². The lowest BCUT2D eigenvalue weighted by atomic mass is 9.90. The van der Waals surface area contributed by atoms with Crippen molar-refractivity contribution in [2.45, 2.75) is 50.9 Å². The van der Waals surface area contributed by atoms with Crippen LogP contribution in [0.3, 0.4) is 0 Å². The number of hydrogen-bond donors (Lipinski definition) is 1. The Kier molecular flexibility index (Phi) is 3.92. The zero-order chi connectivity index (χ0) is 11.4. The molecular weight excluding hydrogens is 218 g/mol. The van der Waals surface area contributed by atoms with Crippen molar-refractivity contribution in [1.29, 1.82) is 0 Å². The second kappa shape index (κ2) is 5.23. The van der Waals surface area contributed by atoms with Crippen molar-refractivity contribution >= 4 is 11.3 Å². The van der Waals surface area contributed by atoms with E-state index in [-0.39, 0.29) is 0 Å². The monoisotopic (exact) mass is 239 g/mol. The molecule has 16 heavy (non-hydrogen) atoms. The number of nitrogens with one attached hydrogen (secondary N) is 1. The van der Waals surface area contributed by atoms with Crippen LogP contribution in [-0.2, 0) is 11.8 Å². The van der Waals surface area contributed by atoms with E-state index in [1.165, 1.54) is 35.7 Å². The molecule has 0 atom stereocenters. The third-order valence-corrected chi connectivity index (χ3v) is 4.80. The molecule has 0 aromatic carbocycles. The summed E-state index contributed by atoms with van der Waals surface area (Å²) in [6.07, 6.45) is 7.50. The molecule has 0 aliphatic heterocycles. The highest BCUT2D eigenvalue weighted by atomic mass is 32.1. The second-order valence-corrected chi connectivity index (χ2v) is 6.04. The van der Waals surface area contributed by atoms with Crippen LogP contribution in [0.5, 0.6) is 0 Å². The lowest BCUT2D eigenvalue weighted by Crippen LogP contribution is -2.16. The summed E-state index contributed by atoms with van der Waals surface area (Å²) in [5.41, 5.74) is 0.332. The van der Waals surface area contributed by atoms with E-state index in [9.17, 15) is 0 Å². The van der Waals surface area contributed by atoms with Gasteiger partial charge in [-0.2, -0.15) is 0 Å². The van der Waals surface area contributed by atoms with E-state index in [1.54, 1.807) is 0 Å². The summed E-state index contributed by atoms with van der Waals surface area (Å²) in [6.45, 7) is 3.41. The minimum Gasteiger partial charge on any atom is -0.320 e. The fraction of sp³-hybridized carbons (Fsp3) is 0.833. The SMILES string of the molecule is CNCCCc1nnc(C2(C)CCCC2)s1. The standard InChI is InChI=1S/C12H21N3S/c1-12(7-3-4-8-12)11-15-14-10(16-11)6-5-9-13-2/h13H,3-9H2,1-2H3. The fourth-order valence-corrected chi connectivity index (χ4v) is 3.47. The van der Waals surface area contributed by atoms with Crippen molar-refractivity contribution in [2.24, 2.45) is 0 Å². The van der Waals surface area contributed by atoms with Crippen molar-refractivity contribution in [1.82, 2.24) is 15.5 Å². The average Bonchev–Trinajstić information content (AvgIpc) is 2.88. The van der Waals surface area contributed by atoms with Gasteiger partial charge in [0.15, 0.2) is 0 Å². The van der Waals surface area contributed by atoms with Crippen LogP contribution in [0.4, 0.5) is 0 Å². The van der Waals surface area contributed by atoms with Gasteiger partial charge < -0.3 is 5.32 Å². The van der Waals surface area contributed by atoms with Crippen molar-refractivity contribution in [2.75, 3.05) is 13.6 Å². The van der Waals surface area contributed by atoms with Gasteiger partial charge in [0.2, 0.25) is 0 Å². The van der Waals surface area contributed by atoms with Crippen LogP contribution in [0.25, 0.3) is 0 Å². The van der Waals surface area contributed by atoms with Crippen LogP contribution in [0.1, 0.15) is 49.0 Å². The van der Waals surface area contributed by atoms with Crippen LogP contribution < -0.4 is 5.32 Å². The molecule has 0 saturated heterocycles. The molecule has 2 rings (SSSR count). The van der Waals surface area contributed by atoms with Gasteiger partial charge in [-0.1, -0.05) is 19.8 Å². The quantitative estimate of drug-likeness (QED) is 0.802. The number of aromatic nitrogens is 2. The first-order valence-corrected chi connectivity index (χ1v) is 7.04. The Morgan fingerprint density at radius 3 is 2.75 bits per heavy atom. The maximum atomic E-state index is 4.40. The lowest BCUT2D eigenvalue weighted by molar-refractivity contribution is 0.484. The summed E-state index contributed by atoms with van der Waals surface area (Å²) in [6, 6.07) is 0. The lowest BCUT2D eigenvalue weighted by Gasteiger charge is -2.18. The van der Waals surface area contributed by atoms with Gasteiger partial charge in [0, 0.05) is 11.8 Å². The Labute approximate surface area is 102 Å². The van der Waals surface area contributed by atoms with E-state index in [4.69, 9.17) is 0 Å². The molecular formula is C12H21N3S. The maximum Gasteiger partial charge on any atom is 0.123 e. The van der Waals surface area contributed by atoms with E-state index in [0.717, 1.165) is 19.4 Å². The summed E-state index contributed by atoms with van der Waals surface area (Å²) in [5.74, 6) is 0. The fourth-order valence-electron chi connectivity index (χ4n) is 2.38. The van der Waals surface area contributed by atoms with E-state index in [1.807, 2.05) is 18.4 Å². The van der Waals surface area contributed by atoms with Gasteiger partial charge in [-0.3, -0.25) is 0 Å². The molecule has 90 valence electrons. The highest BCUT2D eigenvalue weighted by Gasteiger charge is 2.33. The largest absolute Gasteiger partial charge is 0.320 e. The molecule has 1 aromatic heterocycles. The molecule has 0 amide bonds. The molecule has 1 aliphatic carbocycles. The van der Waals surface area contributed by atoms with Crippen LogP contribution in [-0.4, -0.2) is 23.8 Å². The van der Waals surface area contributed by atoms with Crippen LogP contribution in [0.15, 0.2) is 0 Å². The summed E-state index contributed by atoms with van der Waals surface area (Å²) >= 11 is 1.83. The van der Waals surface area contributed by atoms with Crippen LogP contribution >= 0.6 is 11.3 Å². The molecule has 1 fully saturated rings. The number of hydrogen-bond acceptors (Lipinski definition) is 4. The molecule has 0 unspecified atom stereocenters. The first-order chi connectivity index (χ1) is 7.74. The van der Waals surface area contributed by atoms with Crippen molar-refractivity contribution in [3.8, 4) is 0 Å². The summed E-state index contributed by atoms with van der Waals surface area (Å²) in [4.78, 5) is 0. The van der Waals surface area contributed by atoms with Crippen molar-refractivity contribution in [3.05, 3.63) is 10.0 Å². The maximum absolute atomic E-state index is 4.40. The third kappa shape index (κ3) is 2.61. The highest BCUT2D eigenvalue weighted by Crippen LogP contribution is 2.41. The predicted molar refractivity (Wildman–Crippen MR) is 68.0 cm³/mol. The van der Waals surface area contributed by atoms with Gasteiger partial charge in [-0.15, -0.1) is 21.5 Å². The number of aryl methyl sites for hydroxylation is 1. The van der Waals surface area contributed by atoms with Gasteiger partial charge in [0.05, 0.1) is 0 Å². The van der Waals surface area contributed by atoms with Crippen LogP contribution in [0.2, 0.25) is 0 Å². The molecule has 1 heterocycles. The Morgan fingerprint density at radius 1 is 1.31 bits per heavy atom.